The Morgan fingerprint density at radius 2 is 1.14 bits per heavy atom. The first-order chi connectivity index (χ1) is 13.5. The number of rotatable bonds is 7. The van der Waals surface area contributed by atoms with E-state index in [1.165, 1.54) is 14.2 Å². The molecule has 0 aliphatic heterocycles. The minimum Gasteiger partial charge on any atom is -0.467 e. The van der Waals surface area contributed by atoms with Crippen LogP contribution in [-0.2, 0) is 0 Å². The van der Waals surface area contributed by atoms with Gasteiger partial charge in [-0.1, -0.05) is 6.07 Å². The van der Waals surface area contributed by atoms with Crippen LogP contribution in [0.1, 0.15) is 22.0 Å². The summed E-state index contributed by atoms with van der Waals surface area (Å²) in [6.45, 7) is 3.32. The highest BCUT2D eigenvalue weighted by molar-refractivity contribution is 5.84. The molecule has 0 bridgehead atoms. The monoisotopic (exact) mass is 384 g/mol. The van der Waals surface area contributed by atoms with Crippen LogP contribution in [0.25, 0.3) is 0 Å². The van der Waals surface area contributed by atoms with E-state index in [2.05, 4.69) is 29.9 Å². The first kappa shape index (κ1) is 18.9. The highest BCUT2D eigenvalue weighted by Gasteiger charge is 2.16. The molecule has 0 atom stereocenters. The average molecular weight is 384 g/mol. The SMILES string of the molecule is COc1nc(C)nc(Oc2cccc(Oc3nc(C)nc(OC)n3)c2C=O)n1. The van der Waals surface area contributed by atoms with Crippen LogP contribution in [0.5, 0.6) is 35.5 Å². The molecule has 0 aliphatic rings. The van der Waals surface area contributed by atoms with E-state index in [1.54, 1.807) is 32.0 Å². The van der Waals surface area contributed by atoms with Gasteiger partial charge in [-0.25, -0.2) is 0 Å². The van der Waals surface area contributed by atoms with Gasteiger partial charge in [0.05, 0.1) is 19.8 Å². The van der Waals surface area contributed by atoms with Crippen molar-refractivity contribution in [1.82, 2.24) is 29.9 Å². The highest BCUT2D eigenvalue weighted by atomic mass is 16.5. The number of aryl methyl sites for hydroxylation is 2. The molecule has 0 N–H and O–H groups in total. The number of benzene rings is 1. The molecule has 2 aromatic heterocycles. The molecule has 11 heteroatoms. The van der Waals surface area contributed by atoms with Crippen molar-refractivity contribution in [2.45, 2.75) is 13.8 Å². The number of hydrogen-bond donors (Lipinski definition) is 0. The molecule has 2 heterocycles. The van der Waals surface area contributed by atoms with Gasteiger partial charge in [0.15, 0.2) is 6.29 Å². The van der Waals surface area contributed by atoms with Gasteiger partial charge in [-0.05, 0) is 26.0 Å². The van der Waals surface area contributed by atoms with Crippen LogP contribution < -0.4 is 18.9 Å². The maximum Gasteiger partial charge on any atom is 0.328 e. The van der Waals surface area contributed by atoms with Crippen LogP contribution >= 0.6 is 0 Å². The summed E-state index contributed by atoms with van der Waals surface area (Å²) in [4.78, 5) is 35.8. The molecule has 144 valence electrons. The standard InChI is InChI=1S/C17H16N6O5/c1-9-18-14(25-3)22-16(20-9)27-12-6-5-7-13(11(12)8-24)28-17-21-10(2)19-15(23-17)26-4/h5-8H,1-4H3. The predicted octanol–water partition coefficient (Wildman–Crippen LogP) is 2.09. The van der Waals surface area contributed by atoms with Gasteiger partial charge in [0.1, 0.15) is 23.1 Å². The highest BCUT2D eigenvalue weighted by Crippen LogP contribution is 2.32. The predicted molar refractivity (Wildman–Crippen MR) is 94.2 cm³/mol. The molecule has 0 radical (unpaired) electrons. The number of ether oxygens (including phenoxy) is 4. The molecule has 0 saturated carbocycles. The number of aromatic nitrogens is 6. The van der Waals surface area contributed by atoms with Crippen molar-refractivity contribution in [3.8, 4) is 35.5 Å². The minimum atomic E-state index is -0.0257. The number of methoxy groups -OCH3 is 2. The van der Waals surface area contributed by atoms with E-state index >= 15 is 0 Å². The van der Waals surface area contributed by atoms with Gasteiger partial charge in [-0.15, -0.1) is 9.97 Å². The zero-order chi connectivity index (χ0) is 20.1. The minimum absolute atomic E-state index is 0.0257. The smallest absolute Gasteiger partial charge is 0.328 e. The Bertz CT molecular complexity index is 940. The fourth-order valence-electron chi connectivity index (χ4n) is 2.16. The quantitative estimate of drug-likeness (QED) is 0.555. The van der Waals surface area contributed by atoms with Gasteiger partial charge >= 0.3 is 24.0 Å². The van der Waals surface area contributed by atoms with Gasteiger partial charge in [-0.2, -0.15) is 19.9 Å². The van der Waals surface area contributed by atoms with Crippen molar-refractivity contribution in [3.63, 3.8) is 0 Å². The molecular formula is C17H16N6O5. The fourth-order valence-corrected chi connectivity index (χ4v) is 2.16. The maximum atomic E-state index is 11.7. The van der Waals surface area contributed by atoms with Crippen LogP contribution in [0.15, 0.2) is 18.2 Å². The van der Waals surface area contributed by atoms with Crippen LogP contribution in [-0.4, -0.2) is 50.4 Å². The third-order valence-corrected chi connectivity index (χ3v) is 3.32. The molecule has 1 aromatic carbocycles. The van der Waals surface area contributed by atoms with Crippen LogP contribution in [0.2, 0.25) is 0 Å². The summed E-state index contributed by atoms with van der Waals surface area (Å²) in [6.07, 6.45) is 0.585. The van der Waals surface area contributed by atoms with E-state index in [0.717, 1.165) is 0 Å². The number of carbonyl (C=O) groups excluding carboxylic acids is 1. The Balaban J connectivity index is 1.94. The Morgan fingerprint density at radius 3 is 1.54 bits per heavy atom. The normalized spacial score (nSPS) is 10.3. The molecular weight excluding hydrogens is 368 g/mol. The summed E-state index contributed by atoms with van der Waals surface area (Å²) in [5, 5.41) is 0. The molecule has 3 aromatic rings. The van der Waals surface area contributed by atoms with Crippen LogP contribution in [0.4, 0.5) is 0 Å². The molecule has 0 saturated heterocycles. The average Bonchev–Trinajstić information content (AvgIpc) is 2.67. The number of hydrogen-bond acceptors (Lipinski definition) is 11. The maximum absolute atomic E-state index is 11.7. The Hall–Kier alpha value is -3.89. The molecule has 28 heavy (non-hydrogen) atoms. The number of aldehydes is 1. The van der Waals surface area contributed by atoms with Crippen molar-refractivity contribution in [2.75, 3.05) is 14.2 Å². The van der Waals surface area contributed by atoms with Crippen molar-refractivity contribution in [1.29, 1.82) is 0 Å². The zero-order valence-corrected chi connectivity index (χ0v) is 15.5. The van der Waals surface area contributed by atoms with Gasteiger partial charge in [0.2, 0.25) is 0 Å². The molecule has 0 fully saturated rings. The summed E-state index contributed by atoms with van der Waals surface area (Å²) in [5.74, 6) is 1.15. The Kier molecular flexibility index (Phi) is 5.53. The second kappa shape index (κ2) is 8.20. The largest absolute Gasteiger partial charge is 0.467 e. The Labute approximate surface area is 159 Å². The van der Waals surface area contributed by atoms with E-state index in [4.69, 9.17) is 18.9 Å². The molecule has 0 spiro atoms. The molecule has 11 nitrogen and oxygen atoms in total. The van der Waals surface area contributed by atoms with Crippen LogP contribution in [0, 0.1) is 13.8 Å². The van der Waals surface area contributed by atoms with Crippen molar-refractivity contribution in [2.24, 2.45) is 0 Å². The second-order valence-corrected chi connectivity index (χ2v) is 5.29. The topological polar surface area (TPSA) is 131 Å². The summed E-state index contributed by atoms with van der Waals surface area (Å²) in [5.41, 5.74) is 0.122. The van der Waals surface area contributed by atoms with Crippen LogP contribution in [0.3, 0.4) is 0 Å². The molecule has 3 rings (SSSR count). The van der Waals surface area contributed by atoms with Gasteiger partial charge in [0.25, 0.3) is 0 Å². The number of nitrogens with zero attached hydrogens (tertiary/aromatic N) is 6. The fraction of sp³-hybridized carbons (Fsp3) is 0.235. The lowest BCUT2D eigenvalue weighted by Crippen LogP contribution is -2.03. The summed E-state index contributed by atoms with van der Waals surface area (Å²) < 4.78 is 21.3. The summed E-state index contributed by atoms with van der Waals surface area (Å²) >= 11 is 0. The van der Waals surface area contributed by atoms with Crippen molar-refractivity contribution in [3.05, 3.63) is 35.4 Å². The first-order valence-electron chi connectivity index (χ1n) is 7.99. The Morgan fingerprint density at radius 1 is 0.714 bits per heavy atom. The van der Waals surface area contributed by atoms with E-state index in [0.29, 0.717) is 17.9 Å². The number of carbonyl (C=O) groups is 1. The van der Waals surface area contributed by atoms with Gasteiger partial charge in [-0.3, -0.25) is 4.79 Å². The van der Waals surface area contributed by atoms with Gasteiger partial charge < -0.3 is 18.9 Å². The summed E-state index contributed by atoms with van der Waals surface area (Å²) in [7, 11) is 2.85. The van der Waals surface area contributed by atoms with Crippen molar-refractivity contribution < 1.29 is 23.7 Å². The summed E-state index contributed by atoms with van der Waals surface area (Å²) in [6, 6.07) is 4.91. The van der Waals surface area contributed by atoms with E-state index in [-0.39, 0.29) is 41.1 Å². The second-order valence-electron chi connectivity index (χ2n) is 5.29. The molecule has 0 unspecified atom stereocenters. The molecule has 0 amide bonds. The lowest BCUT2D eigenvalue weighted by molar-refractivity contribution is 0.111. The lowest BCUT2D eigenvalue weighted by atomic mass is 10.2. The first-order valence-corrected chi connectivity index (χ1v) is 7.99. The molecule has 0 aliphatic carbocycles. The van der Waals surface area contributed by atoms with Crippen molar-refractivity contribution >= 4 is 6.29 Å². The van der Waals surface area contributed by atoms with Gasteiger partial charge in [0, 0.05) is 0 Å². The lowest BCUT2D eigenvalue weighted by Gasteiger charge is -2.11. The van der Waals surface area contributed by atoms with E-state index in [9.17, 15) is 4.79 Å². The van der Waals surface area contributed by atoms with E-state index in [1.807, 2.05) is 0 Å². The zero-order valence-electron chi connectivity index (χ0n) is 15.5. The third kappa shape index (κ3) is 4.26. The van der Waals surface area contributed by atoms with E-state index < -0.39 is 0 Å². The third-order valence-electron chi connectivity index (χ3n) is 3.32.